The summed E-state index contributed by atoms with van der Waals surface area (Å²) in [6, 6.07) is 7.80. The Bertz CT molecular complexity index is 761. The first kappa shape index (κ1) is 10.7. The first-order chi connectivity index (χ1) is 8.72. The fraction of sp³-hybridized carbons (Fsp3) is 0.154. The molecule has 2 heterocycles. The van der Waals surface area contributed by atoms with E-state index in [0.717, 1.165) is 10.8 Å². The second kappa shape index (κ2) is 3.80. The number of carbonyl (C=O) groups is 1. The largest absolute Gasteiger partial charge is 0.464 e. The SMILES string of the molecule is COC(=O)c1nc2c3ccccc3cnn2c1C. The minimum Gasteiger partial charge on any atom is -0.464 e. The molecule has 90 valence electrons. The molecule has 0 saturated heterocycles. The van der Waals surface area contributed by atoms with Crippen molar-refractivity contribution in [2.75, 3.05) is 7.11 Å². The molecule has 2 aromatic heterocycles. The molecule has 5 heteroatoms. The van der Waals surface area contributed by atoms with Crippen molar-refractivity contribution in [1.82, 2.24) is 14.6 Å². The van der Waals surface area contributed by atoms with Gasteiger partial charge in [-0.2, -0.15) is 5.10 Å². The number of imidazole rings is 1. The van der Waals surface area contributed by atoms with E-state index in [2.05, 4.69) is 10.1 Å². The summed E-state index contributed by atoms with van der Waals surface area (Å²) in [6.07, 6.45) is 1.76. The molecule has 0 spiro atoms. The molecule has 0 N–H and O–H groups in total. The van der Waals surface area contributed by atoms with Crippen molar-refractivity contribution in [3.63, 3.8) is 0 Å². The van der Waals surface area contributed by atoms with E-state index >= 15 is 0 Å². The Morgan fingerprint density at radius 3 is 2.89 bits per heavy atom. The Morgan fingerprint density at radius 1 is 1.33 bits per heavy atom. The minimum absolute atomic E-state index is 0.307. The minimum atomic E-state index is -0.443. The Labute approximate surface area is 103 Å². The third-order valence-corrected chi connectivity index (χ3v) is 2.97. The highest BCUT2D eigenvalue weighted by atomic mass is 16.5. The van der Waals surface area contributed by atoms with Crippen LogP contribution in [0.3, 0.4) is 0 Å². The summed E-state index contributed by atoms with van der Waals surface area (Å²) in [7, 11) is 1.34. The van der Waals surface area contributed by atoms with Crippen LogP contribution < -0.4 is 0 Å². The predicted octanol–water partition coefficient (Wildman–Crippen LogP) is 1.98. The number of methoxy groups -OCH3 is 1. The average molecular weight is 241 g/mol. The number of aromatic nitrogens is 3. The quantitative estimate of drug-likeness (QED) is 0.611. The number of aryl methyl sites for hydroxylation is 1. The van der Waals surface area contributed by atoms with Crippen molar-refractivity contribution in [2.24, 2.45) is 0 Å². The van der Waals surface area contributed by atoms with Gasteiger partial charge in [0.05, 0.1) is 19.0 Å². The summed E-state index contributed by atoms with van der Waals surface area (Å²) in [4.78, 5) is 16.0. The molecular weight excluding hydrogens is 230 g/mol. The molecule has 18 heavy (non-hydrogen) atoms. The molecule has 0 fully saturated rings. The molecule has 0 aliphatic carbocycles. The Balaban J connectivity index is 2.42. The first-order valence-electron chi connectivity index (χ1n) is 5.54. The van der Waals surface area contributed by atoms with Crippen LogP contribution in [0.2, 0.25) is 0 Å². The molecule has 5 nitrogen and oxygen atoms in total. The maximum Gasteiger partial charge on any atom is 0.358 e. The third kappa shape index (κ3) is 1.37. The van der Waals surface area contributed by atoms with Crippen molar-refractivity contribution in [3.8, 4) is 0 Å². The molecule has 0 unspecified atom stereocenters. The molecule has 1 aromatic carbocycles. The van der Waals surface area contributed by atoms with Crippen LogP contribution in [0, 0.1) is 6.92 Å². The van der Waals surface area contributed by atoms with Crippen molar-refractivity contribution in [3.05, 3.63) is 41.9 Å². The monoisotopic (exact) mass is 241 g/mol. The first-order valence-corrected chi connectivity index (χ1v) is 5.54. The third-order valence-electron chi connectivity index (χ3n) is 2.97. The summed E-state index contributed by atoms with van der Waals surface area (Å²) >= 11 is 0. The summed E-state index contributed by atoms with van der Waals surface area (Å²) in [5.41, 5.74) is 1.66. The topological polar surface area (TPSA) is 56.5 Å². The average Bonchev–Trinajstić information content (AvgIpc) is 2.76. The number of hydrogen-bond acceptors (Lipinski definition) is 4. The van der Waals surface area contributed by atoms with Crippen molar-refractivity contribution < 1.29 is 9.53 Å². The molecule has 0 radical (unpaired) electrons. The number of ether oxygens (including phenoxy) is 1. The molecule has 0 bridgehead atoms. The van der Waals surface area contributed by atoms with Crippen LogP contribution in [0.1, 0.15) is 16.2 Å². The molecular formula is C13H11N3O2. The zero-order chi connectivity index (χ0) is 12.7. The van der Waals surface area contributed by atoms with Gasteiger partial charge in [0.1, 0.15) is 0 Å². The van der Waals surface area contributed by atoms with Gasteiger partial charge < -0.3 is 4.74 Å². The van der Waals surface area contributed by atoms with Gasteiger partial charge in [0.2, 0.25) is 0 Å². The van der Waals surface area contributed by atoms with Gasteiger partial charge in [0.25, 0.3) is 0 Å². The highest BCUT2D eigenvalue weighted by Crippen LogP contribution is 2.20. The number of hydrogen-bond donors (Lipinski definition) is 0. The molecule has 3 aromatic rings. The Kier molecular flexibility index (Phi) is 2.26. The smallest absolute Gasteiger partial charge is 0.358 e. The van der Waals surface area contributed by atoms with E-state index in [4.69, 9.17) is 4.74 Å². The highest BCUT2D eigenvalue weighted by molar-refractivity contribution is 5.96. The Hall–Kier alpha value is -2.43. The van der Waals surface area contributed by atoms with Gasteiger partial charge in [-0.3, -0.25) is 0 Å². The number of esters is 1. The lowest BCUT2D eigenvalue weighted by molar-refractivity contribution is 0.0594. The number of fused-ring (bicyclic) bond motifs is 3. The second-order valence-corrected chi connectivity index (χ2v) is 4.00. The zero-order valence-corrected chi connectivity index (χ0v) is 10.0. The highest BCUT2D eigenvalue weighted by Gasteiger charge is 2.18. The second-order valence-electron chi connectivity index (χ2n) is 4.00. The number of carbonyl (C=O) groups excluding carboxylic acids is 1. The van der Waals surface area contributed by atoms with E-state index in [-0.39, 0.29) is 0 Å². The van der Waals surface area contributed by atoms with Crippen LogP contribution >= 0.6 is 0 Å². The lowest BCUT2D eigenvalue weighted by Gasteiger charge is -1.99. The van der Waals surface area contributed by atoms with Crippen LogP contribution in [0.15, 0.2) is 30.5 Å². The van der Waals surface area contributed by atoms with Gasteiger partial charge in [-0.25, -0.2) is 14.3 Å². The lowest BCUT2D eigenvalue weighted by Crippen LogP contribution is -2.04. The van der Waals surface area contributed by atoms with E-state index in [0.29, 0.717) is 17.0 Å². The lowest BCUT2D eigenvalue weighted by atomic mass is 10.2. The molecule has 3 rings (SSSR count). The fourth-order valence-corrected chi connectivity index (χ4v) is 2.03. The van der Waals surface area contributed by atoms with Gasteiger partial charge in [-0.05, 0) is 6.92 Å². The van der Waals surface area contributed by atoms with Gasteiger partial charge in [-0.1, -0.05) is 24.3 Å². The number of rotatable bonds is 1. The van der Waals surface area contributed by atoms with Crippen molar-refractivity contribution in [1.29, 1.82) is 0 Å². The zero-order valence-electron chi connectivity index (χ0n) is 10.0. The van der Waals surface area contributed by atoms with Crippen LogP contribution in [0.5, 0.6) is 0 Å². The van der Waals surface area contributed by atoms with Crippen LogP contribution in [-0.2, 0) is 4.74 Å². The molecule has 0 aliphatic rings. The summed E-state index contributed by atoms with van der Waals surface area (Å²) in [6.45, 7) is 1.80. The van der Waals surface area contributed by atoms with Gasteiger partial charge in [-0.15, -0.1) is 0 Å². The van der Waals surface area contributed by atoms with Crippen LogP contribution in [-0.4, -0.2) is 27.7 Å². The van der Waals surface area contributed by atoms with Gasteiger partial charge in [0.15, 0.2) is 11.3 Å². The summed E-state index contributed by atoms with van der Waals surface area (Å²) < 4.78 is 6.38. The maximum atomic E-state index is 11.6. The normalized spacial score (nSPS) is 11.0. The van der Waals surface area contributed by atoms with Crippen LogP contribution in [0.25, 0.3) is 16.4 Å². The van der Waals surface area contributed by atoms with E-state index in [1.54, 1.807) is 17.6 Å². The number of nitrogens with zero attached hydrogens (tertiary/aromatic N) is 3. The fourth-order valence-electron chi connectivity index (χ4n) is 2.03. The van der Waals surface area contributed by atoms with E-state index < -0.39 is 5.97 Å². The standard InChI is InChI=1S/C13H11N3O2/c1-8-11(13(17)18-2)15-12-10-6-4-3-5-9(10)7-14-16(8)12/h3-7H,1-2H3. The van der Waals surface area contributed by atoms with E-state index in [1.165, 1.54) is 7.11 Å². The van der Waals surface area contributed by atoms with E-state index in [9.17, 15) is 4.79 Å². The maximum absolute atomic E-state index is 11.6. The van der Waals surface area contributed by atoms with Crippen molar-refractivity contribution >= 4 is 22.4 Å². The molecule has 0 atom stereocenters. The van der Waals surface area contributed by atoms with Crippen molar-refractivity contribution in [2.45, 2.75) is 6.92 Å². The number of benzene rings is 1. The molecule has 0 amide bonds. The molecule has 0 saturated carbocycles. The summed E-state index contributed by atoms with van der Waals surface area (Å²) in [5, 5.41) is 6.25. The van der Waals surface area contributed by atoms with Gasteiger partial charge >= 0.3 is 5.97 Å². The Morgan fingerprint density at radius 2 is 2.11 bits per heavy atom. The van der Waals surface area contributed by atoms with E-state index in [1.807, 2.05) is 24.3 Å². The van der Waals surface area contributed by atoms with Gasteiger partial charge in [0, 0.05) is 10.8 Å². The molecule has 0 aliphatic heterocycles. The summed E-state index contributed by atoms with van der Waals surface area (Å²) in [5.74, 6) is -0.443. The van der Waals surface area contributed by atoms with Crippen LogP contribution in [0.4, 0.5) is 0 Å². The predicted molar refractivity (Wildman–Crippen MR) is 66.6 cm³/mol.